The summed E-state index contributed by atoms with van der Waals surface area (Å²) in [6, 6.07) is 9.67. The Hall–Kier alpha value is -3.09. The number of hydrogen-bond acceptors (Lipinski definition) is 4. The first-order valence-corrected chi connectivity index (χ1v) is 7.41. The molecule has 3 amide bonds. The number of carbonyl (C=O) groups is 2. The molecule has 1 atom stereocenters. The number of aryl methyl sites for hydroxylation is 1. The van der Waals surface area contributed by atoms with Crippen LogP contribution in [0.5, 0.6) is 5.88 Å². The number of hydrogen-bond donors (Lipinski definition) is 3. The van der Waals surface area contributed by atoms with Gasteiger partial charge in [0.25, 0.3) is 0 Å². The Bertz CT molecular complexity index is 716. The van der Waals surface area contributed by atoms with Crippen LogP contribution in [0.1, 0.15) is 23.6 Å². The van der Waals surface area contributed by atoms with Crippen molar-refractivity contribution in [2.75, 3.05) is 12.4 Å². The zero-order chi connectivity index (χ0) is 17.5. The number of rotatable bonds is 6. The molecule has 0 fully saturated rings. The zero-order valence-corrected chi connectivity index (χ0v) is 13.6. The Morgan fingerprint density at radius 2 is 2.00 bits per heavy atom. The molecule has 0 aliphatic carbocycles. The van der Waals surface area contributed by atoms with Gasteiger partial charge in [-0.15, -0.1) is 0 Å². The van der Waals surface area contributed by atoms with Crippen molar-refractivity contribution in [3.05, 3.63) is 53.7 Å². The zero-order valence-electron chi connectivity index (χ0n) is 13.6. The molecule has 0 saturated heterocycles. The molecule has 0 spiro atoms. The Balaban J connectivity index is 2.09. The number of urea groups is 1. The van der Waals surface area contributed by atoms with Gasteiger partial charge in [-0.2, -0.15) is 0 Å². The summed E-state index contributed by atoms with van der Waals surface area (Å²) >= 11 is 0. The smallest absolute Gasteiger partial charge is 0.312 e. The van der Waals surface area contributed by atoms with Crippen LogP contribution in [0.25, 0.3) is 0 Å². The highest BCUT2D eigenvalue weighted by atomic mass is 16.5. The van der Waals surface area contributed by atoms with E-state index < -0.39 is 12.1 Å². The van der Waals surface area contributed by atoms with Gasteiger partial charge in [-0.1, -0.05) is 24.3 Å². The Kier molecular flexibility index (Phi) is 5.73. The number of ether oxygens (including phenoxy) is 1. The van der Waals surface area contributed by atoms with E-state index in [9.17, 15) is 9.59 Å². The van der Waals surface area contributed by atoms with Crippen molar-refractivity contribution in [3.8, 4) is 5.88 Å². The second-order valence-corrected chi connectivity index (χ2v) is 5.26. The molecule has 126 valence electrons. The summed E-state index contributed by atoms with van der Waals surface area (Å²) in [6.07, 6.45) is 1.56. The van der Waals surface area contributed by atoms with E-state index in [4.69, 9.17) is 10.5 Å². The highest BCUT2D eigenvalue weighted by Crippen LogP contribution is 2.21. The van der Waals surface area contributed by atoms with Crippen molar-refractivity contribution in [1.82, 2.24) is 10.3 Å². The minimum Gasteiger partial charge on any atom is -0.481 e. The van der Waals surface area contributed by atoms with E-state index in [1.54, 1.807) is 12.1 Å². The van der Waals surface area contributed by atoms with Crippen LogP contribution in [-0.4, -0.2) is 24.0 Å². The number of nitrogens with zero attached hydrogens (tertiary/aromatic N) is 1. The third-order valence-electron chi connectivity index (χ3n) is 3.50. The van der Waals surface area contributed by atoms with Gasteiger partial charge in [-0.3, -0.25) is 4.79 Å². The Morgan fingerprint density at radius 3 is 2.58 bits per heavy atom. The standard InChI is InChI=1S/C17H20N4O3/c1-11-5-3-4-6-13(11)14(21-17(18)23)9-15(22)20-12-7-8-16(24-2)19-10-12/h3-8,10,14H,9H2,1-2H3,(H,20,22)(H3,18,21,23). The summed E-state index contributed by atoms with van der Waals surface area (Å²) in [7, 11) is 1.52. The molecule has 4 N–H and O–H groups in total. The van der Waals surface area contributed by atoms with Gasteiger partial charge < -0.3 is 21.1 Å². The molecular formula is C17H20N4O3. The van der Waals surface area contributed by atoms with E-state index in [0.717, 1.165) is 11.1 Å². The van der Waals surface area contributed by atoms with Gasteiger partial charge in [-0.25, -0.2) is 9.78 Å². The lowest BCUT2D eigenvalue weighted by Gasteiger charge is -2.19. The summed E-state index contributed by atoms with van der Waals surface area (Å²) in [5.74, 6) is 0.199. The fraction of sp³-hybridized carbons (Fsp3) is 0.235. The lowest BCUT2D eigenvalue weighted by molar-refractivity contribution is -0.116. The van der Waals surface area contributed by atoms with Crippen molar-refractivity contribution in [2.45, 2.75) is 19.4 Å². The van der Waals surface area contributed by atoms with Gasteiger partial charge in [0, 0.05) is 6.07 Å². The van der Waals surface area contributed by atoms with Crippen molar-refractivity contribution < 1.29 is 14.3 Å². The minimum atomic E-state index is -0.679. The van der Waals surface area contributed by atoms with Crippen LogP contribution < -0.4 is 21.1 Å². The van der Waals surface area contributed by atoms with E-state index in [2.05, 4.69) is 15.6 Å². The molecule has 7 nitrogen and oxygen atoms in total. The first kappa shape index (κ1) is 17.3. The number of nitrogens with two attached hydrogens (primary N) is 1. The molecular weight excluding hydrogens is 308 g/mol. The fourth-order valence-electron chi connectivity index (χ4n) is 2.36. The number of primary amides is 1. The van der Waals surface area contributed by atoms with Gasteiger partial charge in [0.2, 0.25) is 11.8 Å². The van der Waals surface area contributed by atoms with E-state index >= 15 is 0 Å². The number of nitrogens with one attached hydrogen (secondary N) is 2. The van der Waals surface area contributed by atoms with Crippen LogP contribution >= 0.6 is 0 Å². The van der Waals surface area contributed by atoms with Crippen LogP contribution in [0, 0.1) is 6.92 Å². The summed E-state index contributed by atoms with van der Waals surface area (Å²) in [6.45, 7) is 1.91. The molecule has 2 rings (SSSR count). The molecule has 2 aromatic rings. The SMILES string of the molecule is COc1ccc(NC(=O)CC(NC(N)=O)c2ccccc2C)cn1. The first-order valence-electron chi connectivity index (χ1n) is 7.41. The van der Waals surface area contributed by atoms with Crippen molar-refractivity contribution in [2.24, 2.45) is 5.73 Å². The number of methoxy groups -OCH3 is 1. The third kappa shape index (κ3) is 4.70. The fourth-order valence-corrected chi connectivity index (χ4v) is 2.36. The Labute approximate surface area is 140 Å². The van der Waals surface area contributed by atoms with Gasteiger partial charge in [0.15, 0.2) is 0 Å². The number of pyridine rings is 1. The monoisotopic (exact) mass is 328 g/mol. The second kappa shape index (κ2) is 7.96. The number of benzene rings is 1. The maximum Gasteiger partial charge on any atom is 0.312 e. The minimum absolute atomic E-state index is 0.0554. The summed E-state index contributed by atoms with van der Waals surface area (Å²) < 4.78 is 4.97. The summed E-state index contributed by atoms with van der Waals surface area (Å²) in [4.78, 5) is 27.6. The molecule has 7 heteroatoms. The quantitative estimate of drug-likeness (QED) is 0.755. The van der Waals surface area contributed by atoms with E-state index in [1.165, 1.54) is 13.3 Å². The van der Waals surface area contributed by atoms with Crippen LogP contribution in [0.4, 0.5) is 10.5 Å². The van der Waals surface area contributed by atoms with E-state index in [-0.39, 0.29) is 12.3 Å². The molecule has 1 aromatic heterocycles. The molecule has 0 aliphatic heterocycles. The molecule has 0 bridgehead atoms. The highest BCUT2D eigenvalue weighted by molar-refractivity contribution is 5.91. The second-order valence-electron chi connectivity index (χ2n) is 5.26. The maximum absolute atomic E-state index is 12.3. The normalized spacial score (nSPS) is 11.4. The molecule has 1 unspecified atom stereocenters. The maximum atomic E-state index is 12.3. The lowest BCUT2D eigenvalue weighted by Crippen LogP contribution is -2.35. The number of carbonyl (C=O) groups excluding carboxylic acids is 2. The molecule has 0 radical (unpaired) electrons. The highest BCUT2D eigenvalue weighted by Gasteiger charge is 2.19. The van der Waals surface area contributed by atoms with Crippen LogP contribution in [0.2, 0.25) is 0 Å². The van der Waals surface area contributed by atoms with Crippen LogP contribution in [-0.2, 0) is 4.79 Å². The predicted molar refractivity (Wildman–Crippen MR) is 90.7 cm³/mol. The van der Waals surface area contributed by atoms with Gasteiger partial charge in [0.1, 0.15) is 0 Å². The average molecular weight is 328 g/mol. The topological polar surface area (TPSA) is 106 Å². The van der Waals surface area contributed by atoms with Crippen LogP contribution in [0.15, 0.2) is 42.6 Å². The van der Waals surface area contributed by atoms with Crippen molar-refractivity contribution in [1.29, 1.82) is 0 Å². The molecule has 1 aromatic carbocycles. The molecule has 1 heterocycles. The molecule has 0 aliphatic rings. The lowest BCUT2D eigenvalue weighted by atomic mass is 9.98. The van der Waals surface area contributed by atoms with E-state index in [1.807, 2.05) is 31.2 Å². The van der Waals surface area contributed by atoms with Gasteiger partial charge in [0.05, 0.1) is 31.5 Å². The van der Waals surface area contributed by atoms with Crippen molar-refractivity contribution >= 4 is 17.6 Å². The Morgan fingerprint density at radius 1 is 1.25 bits per heavy atom. The van der Waals surface area contributed by atoms with Crippen molar-refractivity contribution in [3.63, 3.8) is 0 Å². The third-order valence-corrected chi connectivity index (χ3v) is 3.50. The van der Waals surface area contributed by atoms with E-state index in [0.29, 0.717) is 11.6 Å². The first-order chi connectivity index (χ1) is 11.5. The number of amides is 3. The largest absolute Gasteiger partial charge is 0.481 e. The number of anilines is 1. The summed E-state index contributed by atoms with van der Waals surface area (Å²) in [5.41, 5.74) is 7.59. The molecule has 24 heavy (non-hydrogen) atoms. The predicted octanol–water partition coefficient (Wildman–Crippen LogP) is 2.14. The van der Waals surface area contributed by atoms with Crippen LogP contribution in [0.3, 0.4) is 0 Å². The summed E-state index contributed by atoms with van der Waals surface area (Å²) in [5, 5.41) is 5.35. The average Bonchev–Trinajstić information content (AvgIpc) is 2.55. The number of aromatic nitrogens is 1. The molecule has 0 saturated carbocycles. The van der Waals surface area contributed by atoms with Gasteiger partial charge >= 0.3 is 6.03 Å². The van der Waals surface area contributed by atoms with Gasteiger partial charge in [-0.05, 0) is 24.1 Å².